The summed E-state index contributed by atoms with van der Waals surface area (Å²) in [6.45, 7) is 3.33. The molecular formula is C14H25N3OS. The largest absolute Gasteiger partial charge is 0.339 e. The molecule has 0 radical (unpaired) electrons. The van der Waals surface area contributed by atoms with Crippen LogP contribution in [0.3, 0.4) is 0 Å². The maximum Gasteiger partial charge on any atom is 0.227 e. The van der Waals surface area contributed by atoms with E-state index in [0.29, 0.717) is 12.0 Å². The summed E-state index contributed by atoms with van der Waals surface area (Å²) in [7, 11) is 0. The Labute approximate surface area is 120 Å². The maximum atomic E-state index is 5.37. The fraction of sp³-hybridized carbons (Fsp3) is 0.857. The highest BCUT2D eigenvalue weighted by Gasteiger charge is 2.26. The van der Waals surface area contributed by atoms with Crippen molar-refractivity contribution >= 4 is 11.8 Å². The van der Waals surface area contributed by atoms with E-state index in [0.717, 1.165) is 30.4 Å². The Balaban J connectivity index is 1.90. The summed E-state index contributed by atoms with van der Waals surface area (Å²) in [5, 5.41) is 7.71. The van der Waals surface area contributed by atoms with Crippen molar-refractivity contribution in [1.82, 2.24) is 15.5 Å². The molecule has 2 unspecified atom stereocenters. The third-order valence-corrected chi connectivity index (χ3v) is 4.33. The minimum atomic E-state index is 0.629. The van der Waals surface area contributed by atoms with E-state index in [1.807, 2.05) is 0 Å². The summed E-state index contributed by atoms with van der Waals surface area (Å²) in [4.78, 5) is 4.48. The topological polar surface area (TPSA) is 51.0 Å². The Kier molecular flexibility index (Phi) is 6.17. The van der Waals surface area contributed by atoms with Gasteiger partial charge in [0, 0.05) is 12.5 Å². The van der Waals surface area contributed by atoms with Crippen LogP contribution in [-0.2, 0) is 12.2 Å². The highest BCUT2D eigenvalue weighted by Crippen LogP contribution is 2.27. The number of aromatic nitrogens is 2. The third-order valence-electron chi connectivity index (χ3n) is 3.79. The van der Waals surface area contributed by atoms with Crippen LogP contribution in [0.2, 0.25) is 0 Å². The molecule has 1 aliphatic carbocycles. The zero-order valence-electron chi connectivity index (χ0n) is 12.0. The van der Waals surface area contributed by atoms with Gasteiger partial charge in [-0.1, -0.05) is 24.9 Å². The smallest absolute Gasteiger partial charge is 0.227 e. The lowest BCUT2D eigenvalue weighted by Crippen LogP contribution is -2.39. The highest BCUT2D eigenvalue weighted by atomic mass is 32.2. The Morgan fingerprint density at radius 2 is 2.21 bits per heavy atom. The molecule has 0 bridgehead atoms. The van der Waals surface area contributed by atoms with Gasteiger partial charge in [0.05, 0.1) is 5.75 Å². The van der Waals surface area contributed by atoms with Crippen LogP contribution in [0.5, 0.6) is 0 Å². The monoisotopic (exact) mass is 283 g/mol. The Hall–Kier alpha value is -0.550. The number of nitrogens with one attached hydrogen (secondary N) is 1. The lowest BCUT2D eigenvalue weighted by Gasteiger charge is -2.31. The second-order valence-corrected chi connectivity index (χ2v) is 6.21. The van der Waals surface area contributed by atoms with Crippen LogP contribution < -0.4 is 5.32 Å². The predicted octanol–water partition coefficient (Wildman–Crippen LogP) is 3.03. The average Bonchev–Trinajstić information content (AvgIpc) is 2.86. The molecule has 2 atom stereocenters. The van der Waals surface area contributed by atoms with E-state index in [1.165, 1.54) is 32.1 Å². The Morgan fingerprint density at radius 3 is 3.00 bits per heavy atom. The fourth-order valence-electron chi connectivity index (χ4n) is 2.84. The van der Waals surface area contributed by atoms with Crippen LogP contribution in [0.1, 0.15) is 50.7 Å². The van der Waals surface area contributed by atoms with Gasteiger partial charge < -0.3 is 9.84 Å². The second kappa shape index (κ2) is 7.90. The quantitative estimate of drug-likeness (QED) is 0.833. The molecule has 108 valence electrons. The van der Waals surface area contributed by atoms with Crippen molar-refractivity contribution in [3.63, 3.8) is 0 Å². The van der Waals surface area contributed by atoms with Gasteiger partial charge in [-0.3, -0.25) is 0 Å². The first kappa shape index (κ1) is 14.9. The zero-order chi connectivity index (χ0) is 13.5. The summed E-state index contributed by atoms with van der Waals surface area (Å²) >= 11 is 1.73. The summed E-state index contributed by atoms with van der Waals surface area (Å²) in [6.07, 6.45) is 9.44. The van der Waals surface area contributed by atoms with E-state index < -0.39 is 0 Å². The maximum absolute atomic E-state index is 5.37. The normalized spacial score (nSPS) is 23.7. The van der Waals surface area contributed by atoms with E-state index in [9.17, 15) is 0 Å². The average molecular weight is 283 g/mol. The molecule has 0 amide bonds. The van der Waals surface area contributed by atoms with E-state index in [2.05, 4.69) is 28.6 Å². The minimum Gasteiger partial charge on any atom is -0.339 e. The zero-order valence-corrected chi connectivity index (χ0v) is 12.8. The van der Waals surface area contributed by atoms with Gasteiger partial charge in [0.25, 0.3) is 0 Å². The molecule has 4 nitrogen and oxygen atoms in total. The summed E-state index contributed by atoms with van der Waals surface area (Å²) in [5.74, 6) is 3.14. The van der Waals surface area contributed by atoms with Gasteiger partial charge in [-0.05, 0) is 38.0 Å². The van der Waals surface area contributed by atoms with Crippen molar-refractivity contribution in [1.29, 1.82) is 0 Å². The van der Waals surface area contributed by atoms with E-state index in [1.54, 1.807) is 11.8 Å². The lowest BCUT2D eigenvalue weighted by molar-refractivity contribution is 0.240. The number of nitrogens with zero attached hydrogens (tertiary/aromatic N) is 2. The number of thioether (sulfide) groups is 1. The van der Waals surface area contributed by atoms with E-state index in [-0.39, 0.29) is 0 Å². The van der Waals surface area contributed by atoms with E-state index >= 15 is 0 Å². The first-order chi connectivity index (χ1) is 9.33. The van der Waals surface area contributed by atoms with Crippen molar-refractivity contribution in [2.75, 3.05) is 12.8 Å². The molecule has 0 aliphatic heterocycles. The number of hydrogen-bond donors (Lipinski definition) is 1. The molecule has 2 rings (SSSR count). The number of hydrogen-bond acceptors (Lipinski definition) is 5. The molecule has 5 heteroatoms. The van der Waals surface area contributed by atoms with Gasteiger partial charge in [-0.25, -0.2) is 0 Å². The van der Waals surface area contributed by atoms with Crippen molar-refractivity contribution in [2.24, 2.45) is 5.92 Å². The van der Waals surface area contributed by atoms with Crippen molar-refractivity contribution < 1.29 is 4.52 Å². The summed E-state index contributed by atoms with van der Waals surface area (Å²) < 4.78 is 5.37. The molecule has 1 aromatic rings. The molecular weight excluding hydrogens is 258 g/mol. The van der Waals surface area contributed by atoms with Crippen LogP contribution in [0.15, 0.2) is 4.52 Å². The molecule has 0 saturated heterocycles. The predicted molar refractivity (Wildman–Crippen MR) is 79.3 cm³/mol. The van der Waals surface area contributed by atoms with Crippen LogP contribution in [0.4, 0.5) is 0 Å². The van der Waals surface area contributed by atoms with Gasteiger partial charge >= 0.3 is 0 Å². The van der Waals surface area contributed by atoms with Crippen molar-refractivity contribution in [2.45, 2.75) is 57.2 Å². The molecule has 1 N–H and O–H groups in total. The fourth-order valence-corrected chi connectivity index (χ4v) is 3.21. The Bertz CT molecular complexity index is 369. The summed E-state index contributed by atoms with van der Waals surface area (Å²) in [5.41, 5.74) is 0. The first-order valence-corrected chi connectivity index (χ1v) is 8.76. The highest BCUT2D eigenvalue weighted by molar-refractivity contribution is 7.97. The van der Waals surface area contributed by atoms with Crippen LogP contribution in [-0.4, -0.2) is 29.0 Å². The van der Waals surface area contributed by atoms with Crippen LogP contribution >= 0.6 is 11.8 Å². The summed E-state index contributed by atoms with van der Waals surface area (Å²) in [6, 6.07) is 0.629. The van der Waals surface area contributed by atoms with Crippen molar-refractivity contribution in [3.05, 3.63) is 11.7 Å². The lowest BCUT2D eigenvalue weighted by atomic mass is 9.82. The molecule has 1 aromatic heterocycles. The van der Waals surface area contributed by atoms with Gasteiger partial charge in [0.15, 0.2) is 5.82 Å². The molecule has 1 saturated carbocycles. The second-order valence-electron chi connectivity index (χ2n) is 5.35. The molecule has 1 aliphatic rings. The Morgan fingerprint density at radius 1 is 1.37 bits per heavy atom. The third kappa shape index (κ3) is 4.49. The number of rotatable bonds is 7. The van der Waals surface area contributed by atoms with Gasteiger partial charge in [0.2, 0.25) is 5.89 Å². The molecule has 0 aromatic carbocycles. The van der Waals surface area contributed by atoms with Crippen molar-refractivity contribution in [3.8, 4) is 0 Å². The van der Waals surface area contributed by atoms with Crippen LogP contribution in [0.25, 0.3) is 0 Å². The molecule has 1 fully saturated rings. The molecule has 19 heavy (non-hydrogen) atoms. The van der Waals surface area contributed by atoms with Gasteiger partial charge in [-0.15, -0.1) is 0 Å². The minimum absolute atomic E-state index is 0.629. The SMILES string of the molecule is CCCNC1CCCCC1Cc1nc(CSC)no1. The molecule has 0 spiro atoms. The first-order valence-electron chi connectivity index (χ1n) is 7.37. The standard InChI is InChI=1S/C14H25N3OS/c1-3-8-15-12-7-5-4-6-11(12)9-14-16-13(10-19-2)17-18-14/h11-12,15H,3-10H2,1-2H3. The van der Waals surface area contributed by atoms with E-state index in [4.69, 9.17) is 4.52 Å². The van der Waals surface area contributed by atoms with Gasteiger partial charge in [-0.2, -0.15) is 16.7 Å². The molecule has 1 heterocycles. The van der Waals surface area contributed by atoms with Gasteiger partial charge in [0.1, 0.15) is 0 Å². The van der Waals surface area contributed by atoms with Crippen LogP contribution in [0, 0.1) is 5.92 Å².